The number of aliphatic carboxylic acids is 1. The predicted molar refractivity (Wildman–Crippen MR) is 75.3 cm³/mol. The van der Waals surface area contributed by atoms with Crippen molar-refractivity contribution in [3.8, 4) is 0 Å². The fourth-order valence-corrected chi connectivity index (χ4v) is 1.95. The fourth-order valence-electron chi connectivity index (χ4n) is 1.95. The van der Waals surface area contributed by atoms with E-state index in [-0.39, 0.29) is 12.2 Å². The highest BCUT2D eigenvalue weighted by Crippen LogP contribution is 2.11. The van der Waals surface area contributed by atoms with Crippen LogP contribution in [0.1, 0.15) is 30.9 Å². The molecule has 116 valence electrons. The van der Waals surface area contributed by atoms with Gasteiger partial charge in [-0.1, -0.05) is 12.1 Å². The summed E-state index contributed by atoms with van der Waals surface area (Å²) in [4.78, 5) is 22.5. The third-order valence-corrected chi connectivity index (χ3v) is 3.16. The highest BCUT2D eigenvalue weighted by molar-refractivity contribution is 5.83. The first kappa shape index (κ1) is 17.1. The van der Waals surface area contributed by atoms with Crippen LogP contribution < -0.4 is 5.32 Å². The molecule has 3 N–H and O–H groups in total. The zero-order valence-electron chi connectivity index (χ0n) is 12.1. The lowest BCUT2D eigenvalue weighted by Crippen LogP contribution is -2.47. The molecule has 0 fully saturated rings. The summed E-state index contributed by atoms with van der Waals surface area (Å²) < 4.78 is 13.1. The van der Waals surface area contributed by atoms with Crippen molar-refractivity contribution in [1.29, 1.82) is 0 Å². The Morgan fingerprint density at radius 3 is 2.57 bits per heavy atom. The number of carbonyl (C=O) groups excluding carboxylic acids is 1. The number of aliphatic hydroxyl groups excluding tert-OH is 1. The topological polar surface area (TPSA) is 86.6 Å². The zero-order chi connectivity index (χ0) is 16.0. The number of aliphatic hydroxyl groups is 1. The minimum absolute atomic E-state index is 0.146. The number of rotatable bonds is 7. The minimum atomic E-state index is -1.30. The molecule has 0 aliphatic carbocycles. The first-order valence-electron chi connectivity index (χ1n) is 6.76. The Hall–Kier alpha value is -1.95. The maximum absolute atomic E-state index is 13.1. The molecule has 5 nitrogen and oxygen atoms in total. The average molecular weight is 297 g/mol. The number of carboxylic acid groups (broad SMARTS) is 1. The molecule has 1 amide bonds. The summed E-state index contributed by atoms with van der Waals surface area (Å²) in [6.07, 6.45) is 0.0999. The van der Waals surface area contributed by atoms with Crippen LogP contribution in [0.2, 0.25) is 0 Å². The lowest BCUT2D eigenvalue weighted by atomic mass is 10.0. The normalized spacial score (nSPS) is 13.5. The fraction of sp³-hybridized carbons (Fsp3) is 0.467. The summed E-state index contributed by atoms with van der Waals surface area (Å²) in [5, 5.41) is 20.4. The van der Waals surface area contributed by atoms with Crippen molar-refractivity contribution < 1.29 is 24.2 Å². The Labute approximate surface area is 122 Å². The molecule has 0 aromatic heterocycles. The largest absolute Gasteiger partial charge is 0.480 e. The van der Waals surface area contributed by atoms with E-state index in [1.165, 1.54) is 13.0 Å². The van der Waals surface area contributed by atoms with Crippen molar-refractivity contribution in [2.75, 3.05) is 0 Å². The van der Waals surface area contributed by atoms with Gasteiger partial charge in [-0.3, -0.25) is 4.79 Å². The molecule has 2 unspecified atom stereocenters. The van der Waals surface area contributed by atoms with Gasteiger partial charge < -0.3 is 15.5 Å². The van der Waals surface area contributed by atoms with Gasteiger partial charge in [-0.05, 0) is 43.9 Å². The summed E-state index contributed by atoms with van der Waals surface area (Å²) in [6, 6.07) is 3.48. The molecule has 0 spiro atoms. The molecule has 1 aromatic carbocycles. The summed E-state index contributed by atoms with van der Waals surface area (Å²) in [6.45, 7) is 2.98. The second kappa shape index (κ2) is 7.73. The molecule has 0 radical (unpaired) electrons. The van der Waals surface area contributed by atoms with Crippen LogP contribution in [0.15, 0.2) is 18.2 Å². The van der Waals surface area contributed by atoms with Crippen LogP contribution in [0.3, 0.4) is 0 Å². The van der Waals surface area contributed by atoms with Crippen LogP contribution in [0.25, 0.3) is 0 Å². The molecule has 0 aliphatic rings. The van der Waals surface area contributed by atoms with E-state index >= 15 is 0 Å². The molecule has 6 heteroatoms. The molecular formula is C15H20FNO4. The van der Waals surface area contributed by atoms with Crippen LogP contribution in [-0.2, 0) is 16.0 Å². The maximum atomic E-state index is 13.1. The standard InChI is InChI=1S/C15H20FNO4/c1-9-8-11(6-7-12(9)16)4-3-5-13(19)17-14(10(2)18)15(20)21/h6-8,10,14,18H,3-5H2,1-2H3,(H,17,19)(H,20,21). The Bertz CT molecular complexity index is 516. The number of benzene rings is 1. The van der Waals surface area contributed by atoms with Gasteiger partial charge in [0.15, 0.2) is 6.04 Å². The zero-order valence-corrected chi connectivity index (χ0v) is 12.1. The number of halogens is 1. The number of hydrogen-bond donors (Lipinski definition) is 3. The third kappa shape index (κ3) is 5.51. The predicted octanol–water partition coefficient (Wildman–Crippen LogP) is 1.41. The van der Waals surface area contributed by atoms with Gasteiger partial charge in [-0.2, -0.15) is 0 Å². The number of amides is 1. The first-order valence-corrected chi connectivity index (χ1v) is 6.76. The van der Waals surface area contributed by atoms with Crippen LogP contribution in [0.4, 0.5) is 4.39 Å². The molecule has 0 saturated carbocycles. The Balaban J connectivity index is 2.42. The smallest absolute Gasteiger partial charge is 0.328 e. The molecule has 0 bridgehead atoms. The van der Waals surface area contributed by atoms with Gasteiger partial charge in [0.1, 0.15) is 5.82 Å². The first-order chi connectivity index (χ1) is 9.81. The monoisotopic (exact) mass is 297 g/mol. The van der Waals surface area contributed by atoms with Gasteiger partial charge in [0.25, 0.3) is 0 Å². The van der Waals surface area contributed by atoms with E-state index in [4.69, 9.17) is 5.11 Å². The second-order valence-corrected chi connectivity index (χ2v) is 5.06. The average Bonchev–Trinajstić information content (AvgIpc) is 2.39. The van der Waals surface area contributed by atoms with E-state index in [0.717, 1.165) is 5.56 Å². The lowest BCUT2D eigenvalue weighted by molar-refractivity contribution is -0.144. The van der Waals surface area contributed by atoms with Crippen molar-refractivity contribution in [3.05, 3.63) is 35.1 Å². The van der Waals surface area contributed by atoms with Crippen LogP contribution in [-0.4, -0.2) is 34.2 Å². The van der Waals surface area contributed by atoms with Gasteiger partial charge in [-0.25, -0.2) is 9.18 Å². The third-order valence-electron chi connectivity index (χ3n) is 3.16. The highest BCUT2D eigenvalue weighted by atomic mass is 19.1. The summed E-state index contributed by atoms with van der Waals surface area (Å²) >= 11 is 0. The number of nitrogens with one attached hydrogen (secondary N) is 1. The summed E-state index contributed by atoms with van der Waals surface area (Å²) in [5.41, 5.74) is 1.48. The molecule has 1 rings (SSSR count). The quantitative estimate of drug-likeness (QED) is 0.710. The molecule has 0 heterocycles. The lowest BCUT2D eigenvalue weighted by Gasteiger charge is -2.16. The second-order valence-electron chi connectivity index (χ2n) is 5.06. The van der Waals surface area contributed by atoms with Gasteiger partial charge >= 0.3 is 5.97 Å². The number of carboxylic acids is 1. The van der Waals surface area contributed by atoms with Gasteiger partial charge in [0, 0.05) is 6.42 Å². The minimum Gasteiger partial charge on any atom is -0.480 e. The van der Waals surface area contributed by atoms with Crippen molar-refractivity contribution in [2.45, 2.75) is 45.3 Å². The van der Waals surface area contributed by atoms with Crippen LogP contribution >= 0.6 is 0 Å². The molecular weight excluding hydrogens is 277 g/mol. The Kier molecular flexibility index (Phi) is 6.30. The van der Waals surface area contributed by atoms with E-state index in [0.29, 0.717) is 18.4 Å². The number of carbonyl (C=O) groups is 2. The van der Waals surface area contributed by atoms with Crippen LogP contribution in [0.5, 0.6) is 0 Å². The molecule has 0 aliphatic heterocycles. The van der Waals surface area contributed by atoms with Gasteiger partial charge in [-0.15, -0.1) is 0 Å². The van der Waals surface area contributed by atoms with E-state index in [9.17, 15) is 19.1 Å². The van der Waals surface area contributed by atoms with Crippen molar-refractivity contribution >= 4 is 11.9 Å². The summed E-state index contributed by atoms with van der Waals surface area (Å²) in [7, 11) is 0. The molecule has 0 saturated heterocycles. The van der Waals surface area contributed by atoms with Crippen molar-refractivity contribution in [3.63, 3.8) is 0 Å². The maximum Gasteiger partial charge on any atom is 0.328 e. The van der Waals surface area contributed by atoms with Crippen molar-refractivity contribution in [2.24, 2.45) is 0 Å². The van der Waals surface area contributed by atoms with E-state index < -0.39 is 24.0 Å². The van der Waals surface area contributed by atoms with Gasteiger partial charge in [0.2, 0.25) is 5.91 Å². The van der Waals surface area contributed by atoms with E-state index in [1.54, 1.807) is 19.1 Å². The molecule has 2 atom stereocenters. The number of hydrogen-bond acceptors (Lipinski definition) is 3. The highest BCUT2D eigenvalue weighted by Gasteiger charge is 2.24. The van der Waals surface area contributed by atoms with Crippen molar-refractivity contribution in [1.82, 2.24) is 5.32 Å². The molecule has 21 heavy (non-hydrogen) atoms. The van der Waals surface area contributed by atoms with E-state index in [2.05, 4.69) is 5.32 Å². The van der Waals surface area contributed by atoms with Crippen LogP contribution in [0, 0.1) is 12.7 Å². The Morgan fingerprint density at radius 2 is 2.05 bits per heavy atom. The number of aryl methyl sites for hydroxylation is 2. The Morgan fingerprint density at radius 1 is 1.38 bits per heavy atom. The van der Waals surface area contributed by atoms with E-state index in [1.807, 2.05) is 0 Å². The molecule has 1 aromatic rings. The van der Waals surface area contributed by atoms with Gasteiger partial charge in [0.05, 0.1) is 6.10 Å². The summed E-state index contributed by atoms with van der Waals surface area (Å²) in [5.74, 6) is -1.97. The SMILES string of the molecule is Cc1cc(CCCC(=O)NC(C(=O)O)C(C)O)ccc1F.